The Bertz CT molecular complexity index is 996. The molecule has 3 aromatic rings. The molecule has 5 heteroatoms. The zero-order valence-electron chi connectivity index (χ0n) is 14.4. The van der Waals surface area contributed by atoms with Crippen LogP contribution in [0.2, 0.25) is 0 Å². The van der Waals surface area contributed by atoms with E-state index in [0.29, 0.717) is 18.7 Å². The van der Waals surface area contributed by atoms with E-state index >= 15 is 0 Å². The van der Waals surface area contributed by atoms with Crippen LogP contribution >= 0.6 is 0 Å². The highest BCUT2D eigenvalue weighted by Gasteiger charge is 2.33. The summed E-state index contributed by atoms with van der Waals surface area (Å²) in [7, 11) is 0. The lowest BCUT2D eigenvalue weighted by Crippen LogP contribution is -2.47. The third-order valence-corrected chi connectivity index (χ3v) is 4.69. The van der Waals surface area contributed by atoms with Gasteiger partial charge in [-0.05, 0) is 24.6 Å². The lowest BCUT2D eigenvalue weighted by molar-refractivity contribution is -0.0448. The van der Waals surface area contributed by atoms with Gasteiger partial charge in [0.25, 0.3) is 5.91 Å². The second kappa shape index (κ2) is 6.77. The largest absolute Gasteiger partial charge is 0.422 e. The van der Waals surface area contributed by atoms with Crippen molar-refractivity contribution in [2.24, 2.45) is 0 Å². The van der Waals surface area contributed by atoms with Gasteiger partial charge in [0.2, 0.25) is 0 Å². The summed E-state index contributed by atoms with van der Waals surface area (Å²) in [6, 6.07) is 18.3. The smallest absolute Gasteiger partial charge is 0.349 e. The molecule has 5 nitrogen and oxygen atoms in total. The summed E-state index contributed by atoms with van der Waals surface area (Å²) in [5.41, 5.74) is 0.903. The van der Waals surface area contributed by atoms with Crippen LogP contribution in [0.4, 0.5) is 0 Å². The molecule has 2 heterocycles. The Kier molecular flexibility index (Phi) is 4.31. The Morgan fingerprint density at radius 2 is 1.81 bits per heavy atom. The van der Waals surface area contributed by atoms with Crippen LogP contribution in [0, 0.1) is 0 Å². The number of hydrogen-bond acceptors (Lipinski definition) is 4. The average Bonchev–Trinajstić information content (AvgIpc) is 2.67. The highest BCUT2D eigenvalue weighted by atomic mass is 16.5. The van der Waals surface area contributed by atoms with E-state index in [9.17, 15) is 9.59 Å². The van der Waals surface area contributed by atoms with Crippen molar-refractivity contribution in [3.05, 3.63) is 82.2 Å². The van der Waals surface area contributed by atoms with Gasteiger partial charge in [0.15, 0.2) is 0 Å². The van der Waals surface area contributed by atoms with Crippen molar-refractivity contribution in [3.63, 3.8) is 0 Å². The zero-order valence-corrected chi connectivity index (χ0v) is 14.4. The van der Waals surface area contributed by atoms with E-state index in [1.54, 1.807) is 23.1 Å². The molecule has 1 amide bonds. The average molecular weight is 349 g/mol. The minimum absolute atomic E-state index is 0.0544. The van der Waals surface area contributed by atoms with Crippen LogP contribution < -0.4 is 5.63 Å². The molecule has 0 spiro atoms. The summed E-state index contributed by atoms with van der Waals surface area (Å²) in [6.07, 6.45) is -0.0913. The molecule has 0 radical (unpaired) electrons. The van der Waals surface area contributed by atoms with Gasteiger partial charge in [0.1, 0.15) is 11.1 Å². The third-order valence-electron chi connectivity index (χ3n) is 4.69. The van der Waals surface area contributed by atoms with Crippen molar-refractivity contribution in [1.29, 1.82) is 0 Å². The number of benzene rings is 2. The van der Waals surface area contributed by atoms with Crippen LogP contribution in [0.25, 0.3) is 11.0 Å². The van der Waals surface area contributed by atoms with Gasteiger partial charge in [0.05, 0.1) is 18.8 Å². The lowest BCUT2D eigenvalue weighted by atomic mass is 10.0. The Balaban J connectivity index is 1.75. The van der Waals surface area contributed by atoms with Crippen LogP contribution in [0.15, 0.2) is 69.9 Å². The molecule has 0 unspecified atom stereocenters. The number of rotatable bonds is 2. The summed E-state index contributed by atoms with van der Waals surface area (Å²) in [5, 5.41) is 0.730. The van der Waals surface area contributed by atoms with Crippen molar-refractivity contribution < 1.29 is 13.9 Å². The molecule has 0 bridgehead atoms. The van der Waals surface area contributed by atoms with Crippen LogP contribution in [-0.4, -0.2) is 30.1 Å². The second-order valence-electron chi connectivity index (χ2n) is 6.51. The number of hydrogen-bond donors (Lipinski definition) is 0. The van der Waals surface area contributed by atoms with E-state index in [4.69, 9.17) is 9.15 Å². The number of morpholine rings is 1. The molecule has 2 aromatic carbocycles. The predicted octanol–water partition coefficient (Wildman–Crippen LogP) is 3.40. The second-order valence-corrected chi connectivity index (χ2v) is 6.51. The Hall–Kier alpha value is -2.92. The van der Waals surface area contributed by atoms with E-state index in [0.717, 1.165) is 10.9 Å². The number of amides is 1. The maximum absolute atomic E-state index is 13.2. The van der Waals surface area contributed by atoms with E-state index in [2.05, 4.69) is 0 Å². The quantitative estimate of drug-likeness (QED) is 0.666. The van der Waals surface area contributed by atoms with Gasteiger partial charge in [-0.2, -0.15) is 0 Å². The first kappa shape index (κ1) is 16.5. The fourth-order valence-electron chi connectivity index (χ4n) is 3.34. The summed E-state index contributed by atoms with van der Waals surface area (Å²) in [5.74, 6) is -0.325. The third kappa shape index (κ3) is 3.02. The molecule has 1 aliphatic heterocycles. The fourth-order valence-corrected chi connectivity index (χ4v) is 3.34. The molecule has 1 saturated heterocycles. The summed E-state index contributed by atoms with van der Waals surface area (Å²) in [4.78, 5) is 27.3. The van der Waals surface area contributed by atoms with E-state index in [-0.39, 0.29) is 23.6 Å². The van der Waals surface area contributed by atoms with E-state index in [1.165, 1.54) is 0 Å². The molecule has 1 fully saturated rings. The zero-order chi connectivity index (χ0) is 18.1. The van der Waals surface area contributed by atoms with Crippen molar-refractivity contribution in [2.45, 2.75) is 19.1 Å². The molecular weight excluding hydrogens is 330 g/mol. The number of para-hydroxylation sites is 1. The van der Waals surface area contributed by atoms with Gasteiger partial charge in [-0.1, -0.05) is 48.5 Å². The van der Waals surface area contributed by atoms with Crippen molar-refractivity contribution in [1.82, 2.24) is 4.90 Å². The number of fused-ring (bicyclic) bond motifs is 1. The number of carbonyl (C=O) groups is 1. The van der Waals surface area contributed by atoms with Gasteiger partial charge < -0.3 is 14.1 Å². The topological polar surface area (TPSA) is 59.8 Å². The van der Waals surface area contributed by atoms with Gasteiger partial charge in [-0.15, -0.1) is 0 Å². The minimum atomic E-state index is -0.611. The van der Waals surface area contributed by atoms with Gasteiger partial charge >= 0.3 is 5.63 Å². The molecule has 1 aliphatic rings. The van der Waals surface area contributed by atoms with Crippen LogP contribution in [0.3, 0.4) is 0 Å². The normalized spacial score (nSPS) is 20.3. The lowest BCUT2D eigenvalue weighted by Gasteiger charge is -2.38. The molecule has 4 rings (SSSR count). The first-order valence-electron chi connectivity index (χ1n) is 8.64. The van der Waals surface area contributed by atoms with Gasteiger partial charge in [-0.3, -0.25) is 4.79 Å². The molecule has 2 atom stereocenters. The van der Waals surface area contributed by atoms with Crippen LogP contribution in [0.1, 0.15) is 28.9 Å². The highest BCUT2D eigenvalue weighted by molar-refractivity contribution is 5.97. The van der Waals surface area contributed by atoms with Crippen molar-refractivity contribution in [3.8, 4) is 0 Å². The first-order valence-corrected chi connectivity index (χ1v) is 8.64. The van der Waals surface area contributed by atoms with E-state index < -0.39 is 5.63 Å². The minimum Gasteiger partial charge on any atom is -0.422 e. The summed E-state index contributed by atoms with van der Waals surface area (Å²) < 4.78 is 11.1. The maximum atomic E-state index is 13.2. The van der Waals surface area contributed by atoms with Crippen molar-refractivity contribution in [2.75, 3.05) is 13.2 Å². The number of ether oxygens (including phenoxy) is 1. The summed E-state index contributed by atoms with van der Waals surface area (Å²) in [6.45, 7) is 2.74. The van der Waals surface area contributed by atoms with Crippen LogP contribution in [-0.2, 0) is 4.74 Å². The molecule has 26 heavy (non-hydrogen) atoms. The van der Waals surface area contributed by atoms with Gasteiger partial charge in [-0.25, -0.2) is 4.79 Å². The summed E-state index contributed by atoms with van der Waals surface area (Å²) >= 11 is 0. The first-order chi connectivity index (χ1) is 12.6. The molecule has 0 N–H and O–H groups in total. The number of carbonyl (C=O) groups excluding carboxylic acids is 1. The molecule has 0 aliphatic carbocycles. The highest BCUT2D eigenvalue weighted by Crippen LogP contribution is 2.28. The molecule has 0 saturated carbocycles. The monoisotopic (exact) mass is 349 g/mol. The van der Waals surface area contributed by atoms with Crippen LogP contribution in [0.5, 0.6) is 0 Å². The number of nitrogens with zero attached hydrogens (tertiary/aromatic N) is 1. The molecular formula is C21H19NO4. The molecule has 132 valence electrons. The van der Waals surface area contributed by atoms with Crippen molar-refractivity contribution >= 4 is 16.9 Å². The Labute approximate surface area is 150 Å². The predicted molar refractivity (Wildman–Crippen MR) is 98.1 cm³/mol. The standard InChI is InChI=1S/C21H19NO4/c1-14-12-22(18(13-25-14)15-7-3-2-4-8-15)20(23)17-11-16-9-5-6-10-19(16)26-21(17)24/h2-11,14,18H,12-13H2,1H3/t14-,18-/m0/s1. The SMILES string of the molecule is C[C@H]1CN(C(=O)c2cc3ccccc3oc2=O)[C@H](c2ccccc2)CO1. The Morgan fingerprint density at radius 1 is 1.08 bits per heavy atom. The Morgan fingerprint density at radius 3 is 2.62 bits per heavy atom. The maximum Gasteiger partial charge on any atom is 0.349 e. The van der Waals surface area contributed by atoms with Gasteiger partial charge in [0, 0.05) is 11.9 Å². The van der Waals surface area contributed by atoms with E-state index in [1.807, 2.05) is 49.4 Å². The fraction of sp³-hybridized carbons (Fsp3) is 0.238. The molecule has 1 aromatic heterocycles.